The van der Waals surface area contributed by atoms with Gasteiger partial charge in [0.2, 0.25) is 5.95 Å². The minimum absolute atomic E-state index is 0.107. The molecule has 0 aliphatic heterocycles. The molecular weight excluding hydrogens is 280 g/mol. The summed E-state index contributed by atoms with van der Waals surface area (Å²) in [5.41, 5.74) is 1.95. The Labute approximate surface area is 121 Å². The maximum Gasteiger partial charge on any atom is 0.316 e. The van der Waals surface area contributed by atoms with E-state index in [1.54, 1.807) is 32.2 Å². The van der Waals surface area contributed by atoms with Gasteiger partial charge in [-0.3, -0.25) is 10.1 Å². The first-order valence-electron chi connectivity index (χ1n) is 5.91. The molecule has 6 nitrogen and oxygen atoms in total. The molecule has 1 aromatic heterocycles. The lowest BCUT2D eigenvalue weighted by Gasteiger charge is -2.08. The fourth-order valence-electron chi connectivity index (χ4n) is 1.84. The summed E-state index contributed by atoms with van der Waals surface area (Å²) in [6, 6.07) is 5.23. The van der Waals surface area contributed by atoms with Crippen molar-refractivity contribution in [1.82, 2.24) is 9.97 Å². The highest BCUT2D eigenvalue weighted by Gasteiger charge is 2.23. The smallest absolute Gasteiger partial charge is 0.316 e. The van der Waals surface area contributed by atoms with Crippen molar-refractivity contribution in [2.45, 2.75) is 13.8 Å². The molecule has 0 fully saturated rings. The van der Waals surface area contributed by atoms with E-state index in [4.69, 9.17) is 11.6 Å². The molecule has 0 saturated carbocycles. The fourth-order valence-corrected chi connectivity index (χ4v) is 2.02. The van der Waals surface area contributed by atoms with Gasteiger partial charge in [0, 0.05) is 17.6 Å². The summed E-state index contributed by atoms with van der Waals surface area (Å²) in [7, 11) is 1.66. The number of nitrogens with one attached hydrogen (secondary N) is 1. The Bertz CT molecular complexity index is 688. The molecule has 0 unspecified atom stereocenters. The maximum absolute atomic E-state index is 11.2. The average molecular weight is 293 g/mol. The molecule has 2 rings (SSSR count). The summed E-state index contributed by atoms with van der Waals surface area (Å²) in [5.74, 6) is 0.333. The van der Waals surface area contributed by atoms with E-state index in [1.807, 2.05) is 6.92 Å². The Morgan fingerprint density at radius 3 is 2.55 bits per heavy atom. The van der Waals surface area contributed by atoms with Crippen molar-refractivity contribution in [1.29, 1.82) is 0 Å². The third kappa shape index (κ3) is 2.55. The number of nitro groups is 1. The van der Waals surface area contributed by atoms with E-state index >= 15 is 0 Å². The number of hydrogen-bond acceptors (Lipinski definition) is 5. The maximum atomic E-state index is 11.2. The summed E-state index contributed by atoms with van der Waals surface area (Å²) < 4.78 is 0. The van der Waals surface area contributed by atoms with Gasteiger partial charge in [-0.1, -0.05) is 23.7 Å². The van der Waals surface area contributed by atoms with Crippen molar-refractivity contribution in [3.05, 3.63) is 44.6 Å². The van der Waals surface area contributed by atoms with E-state index in [9.17, 15) is 10.1 Å². The molecule has 20 heavy (non-hydrogen) atoms. The van der Waals surface area contributed by atoms with Crippen molar-refractivity contribution in [2.24, 2.45) is 0 Å². The monoisotopic (exact) mass is 292 g/mol. The number of rotatable bonds is 3. The predicted molar refractivity (Wildman–Crippen MR) is 78.2 cm³/mol. The van der Waals surface area contributed by atoms with Crippen LogP contribution in [0.5, 0.6) is 0 Å². The van der Waals surface area contributed by atoms with Crippen LogP contribution < -0.4 is 5.32 Å². The Morgan fingerprint density at radius 2 is 2.00 bits per heavy atom. The van der Waals surface area contributed by atoms with Gasteiger partial charge in [-0.05, 0) is 25.5 Å². The van der Waals surface area contributed by atoms with Crippen LogP contribution in [-0.2, 0) is 0 Å². The van der Waals surface area contributed by atoms with E-state index in [-0.39, 0.29) is 11.4 Å². The molecule has 0 saturated heterocycles. The van der Waals surface area contributed by atoms with Crippen molar-refractivity contribution in [3.8, 4) is 11.3 Å². The molecule has 7 heteroatoms. The molecule has 1 heterocycles. The molecule has 0 radical (unpaired) electrons. The van der Waals surface area contributed by atoms with Gasteiger partial charge in [0.05, 0.1) is 4.92 Å². The summed E-state index contributed by atoms with van der Waals surface area (Å²) in [5, 5.41) is 14.6. The molecule has 0 atom stereocenters. The molecule has 2 aromatic rings. The molecule has 0 spiro atoms. The van der Waals surface area contributed by atoms with Crippen LogP contribution >= 0.6 is 11.6 Å². The lowest BCUT2D eigenvalue weighted by Crippen LogP contribution is -2.05. The Kier molecular flexibility index (Phi) is 3.85. The summed E-state index contributed by atoms with van der Waals surface area (Å²) in [6.07, 6.45) is 0. The third-order valence-corrected chi connectivity index (χ3v) is 3.32. The molecule has 104 valence electrons. The van der Waals surface area contributed by atoms with E-state index < -0.39 is 4.92 Å². The van der Waals surface area contributed by atoms with Crippen LogP contribution in [0.4, 0.5) is 11.6 Å². The zero-order valence-electron chi connectivity index (χ0n) is 11.3. The highest BCUT2D eigenvalue weighted by molar-refractivity contribution is 6.31. The molecule has 0 bridgehead atoms. The van der Waals surface area contributed by atoms with E-state index in [0.29, 0.717) is 22.2 Å². The number of nitrogens with zero attached hydrogens (tertiary/aromatic N) is 3. The first-order valence-corrected chi connectivity index (χ1v) is 6.29. The highest BCUT2D eigenvalue weighted by atomic mass is 35.5. The van der Waals surface area contributed by atoms with E-state index in [2.05, 4.69) is 15.3 Å². The van der Waals surface area contributed by atoms with Crippen molar-refractivity contribution in [3.63, 3.8) is 0 Å². The summed E-state index contributed by atoms with van der Waals surface area (Å²) >= 11 is 6.08. The second-order valence-electron chi connectivity index (χ2n) is 4.30. The van der Waals surface area contributed by atoms with Gasteiger partial charge < -0.3 is 5.32 Å². The summed E-state index contributed by atoms with van der Waals surface area (Å²) in [4.78, 5) is 19.0. The quantitative estimate of drug-likeness (QED) is 0.693. The standard InChI is InChI=1S/C13H13ClN4O2/c1-7-4-5-9(6-10(7)14)11-12(18(19)20)8(2)16-13(15-3)17-11/h4-6H,1-3H3,(H,15,16,17). The van der Waals surface area contributed by atoms with Gasteiger partial charge in [0.15, 0.2) is 5.69 Å². The lowest BCUT2D eigenvalue weighted by atomic mass is 10.1. The first kappa shape index (κ1) is 14.2. The van der Waals surface area contributed by atoms with Crippen LogP contribution in [0, 0.1) is 24.0 Å². The first-order chi connectivity index (χ1) is 9.43. The SMILES string of the molecule is CNc1nc(C)c([N+](=O)[O-])c(-c2ccc(C)c(Cl)c2)n1. The van der Waals surface area contributed by atoms with Gasteiger partial charge in [0.25, 0.3) is 0 Å². The van der Waals surface area contributed by atoms with Crippen molar-refractivity contribution in [2.75, 3.05) is 12.4 Å². The third-order valence-electron chi connectivity index (χ3n) is 2.91. The van der Waals surface area contributed by atoms with Crippen LogP contribution in [0.1, 0.15) is 11.3 Å². The highest BCUT2D eigenvalue weighted by Crippen LogP contribution is 2.33. The number of aromatic nitrogens is 2. The number of anilines is 1. The van der Waals surface area contributed by atoms with Gasteiger partial charge in [0.1, 0.15) is 5.69 Å². The molecule has 1 N–H and O–H groups in total. The topological polar surface area (TPSA) is 81.0 Å². The van der Waals surface area contributed by atoms with Gasteiger partial charge >= 0.3 is 5.69 Å². The molecule has 0 amide bonds. The molecule has 0 aliphatic carbocycles. The second-order valence-corrected chi connectivity index (χ2v) is 4.71. The van der Waals surface area contributed by atoms with Crippen LogP contribution in [0.2, 0.25) is 5.02 Å². The molecule has 0 aliphatic rings. The predicted octanol–water partition coefficient (Wildman–Crippen LogP) is 3.36. The lowest BCUT2D eigenvalue weighted by molar-refractivity contribution is -0.385. The largest absolute Gasteiger partial charge is 0.357 e. The molecule has 1 aromatic carbocycles. The number of aryl methyl sites for hydroxylation is 2. The van der Waals surface area contributed by atoms with E-state index in [1.165, 1.54) is 0 Å². The molecular formula is C13H13ClN4O2. The summed E-state index contributed by atoms with van der Waals surface area (Å²) in [6.45, 7) is 3.45. The van der Waals surface area contributed by atoms with Crippen molar-refractivity contribution < 1.29 is 4.92 Å². The average Bonchev–Trinajstić information content (AvgIpc) is 2.40. The van der Waals surface area contributed by atoms with E-state index in [0.717, 1.165) is 5.56 Å². The zero-order valence-corrected chi connectivity index (χ0v) is 12.0. The zero-order chi connectivity index (χ0) is 14.9. The van der Waals surface area contributed by atoms with Gasteiger partial charge in [-0.15, -0.1) is 0 Å². The van der Waals surface area contributed by atoms with Gasteiger partial charge in [-0.25, -0.2) is 9.97 Å². The number of hydrogen-bond donors (Lipinski definition) is 1. The van der Waals surface area contributed by atoms with Crippen LogP contribution in [0.3, 0.4) is 0 Å². The minimum atomic E-state index is -0.474. The van der Waals surface area contributed by atoms with Gasteiger partial charge in [-0.2, -0.15) is 0 Å². The number of benzene rings is 1. The Balaban J connectivity index is 2.73. The van der Waals surface area contributed by atoms with Crippen molar-refractivity contribution >= 4 is 23.2 Å². The van der Waals surface area contributed by atoms with Crippen LogP contribution in [-0.4, -0.2) is 21.9 Å². The second kappa shape index (κ2) is 5.42. The fraction of sp³-hybridized carbons (Fsp3) is 0.231. The van der Waals surface area contributed by atoms with Crippen LogP contribution in [0.15, 0.2) is 18.2 Å². The van der Waals surface area contributed by atoms with Crippen LogP contribution in [0.25, 0.3) is 11.3 Å². The Hall–Kier alpha value is -2.21. The number of halogens is 1. The minimum Gasteiger partial charge on any atom is -0.357 e. The Morgan fingerprint density at radius 1 is 1.30 bits per heavy atom. The normalized spacial score (nSPS) is 10.4.